The van der Waals surface area contributed by atoms with E-state index in [1.54, 1.807) is 0 Å². The normalized spacial score (nSPS) is 18.5. The van der Waals surface area contributed by atoms with Crippen LogP contribution in [0.1, 0.15) is 81.1 Å². The van der Waals surface area contributed by atoms with Crippen LogP contribution >= 0.6 is 0 Å². The maximum Gasteiger partial charge on any atom is 0.227 e. The van der Waals surface area contributed by atoms with E-state index < -0.39 is 0 Å². The Hall–Kier alpha value is -1.68. The van der Waals surface area contributed by atoms with E-state index in [-0.39, 0.29) is 5.54 Å². The van der Waals surface area contributed by atoms with E-state index in [4.69, 9.17) is 10.3 Å². The molecule has 1 fully saturated rings. The second kappa shape index (κ2) is 6.44. The fourth-order valence-corrected chi connectivity index (χ4v) is 3.36. The van der Waals surface area contributed by atoms with Crippen molar-refractivity contribution in [1.29, 1.82) is 0 Å². The summed E-state index contributed by atoms with van der Waals surface area (Å²) in [6, 6.07) is 8.84. The minimum atomic E-state index is -0.371. The van der Waals surface area contributed by atoms with Gasteiger partial charge >= 0.3 is 0 Å². The minimum absolute atomic E-state index is 0.349. The molecule has 1 saturated carbocycles. The maximum atomic E-state index is 6.40. The average Bonchev–Trinajstić information content (AvgIpc) is 3.17. The fourth-order valence-electron chi connectivity index (χ4n) is 3.36. The Morgan fingerprint density at radius 1 is 1.09 bits per heavy atom. The van der Waals surface area contributed by atoms with Crippen molar-refractivity contribution in [2.75, 3.05) is 0 Å². The molecule has 1 unspecified atom stereocenters. The van der Waals surface area contributed by atoms with Gasteiger partial charge in [-0.1, -0.05) is 63.0 Å². The third-order valence-corrected chi connectivity index (χ3v) is 5.06. The quantitative estimate of drug-likeness (QED) is 0.895. The maximum absolute atomic E-state index is 6.40. The molecule has 1 atom stereocenters. The van der Waals surface area contributed by atoms with Crippen LogP contribution in [-0.4, -0.2) is 10.1 Å². The lowest BCUT2D eigenvalue weighted by Crippen LogP contribution is -2.34. The summed E-state index contributed by atoms with van der Waals surface area (Å²) in [6.45, 7) is 6.62. The molecule has 4 nitrogen and oxygen atoms in total. The number of benzene rings is 1. The Morgan fingerprint density at radius 3 is 2.30 bits per heavy atom. The van der Waals surface area contributed by atoms with E-state index in [9.17, 15) is 0 Å². The van der Waals surface area contributed by atoms with Crippen molar-refractivity contribution in [3.8, 4) is 0 Å². The van der Waals surface area contributed by atoms with Gasteiger partial charge in [-0.25, -0.2) is 0 Å². The molecule has 1 aliphatic carbocycles. The van der Waals surface area contributed by atoms with Crippen LogP contribution in [0.2, 0.25) is 0 Å². The monoisotopic (exact) mass is 313 g/mol. The van der Waals surface area contributed by atoms with Crippen molar-refractivity contribution in [3.05, 3.63) is 47.1 Å². The Kier molecular flexibility index (Phi) is 4.53. The topological polar surface area (TPSA) is 64.9 Å². The zero-order valence-electron chi connectivity index (χ0n) is 14.4. The Bertz CT molecular complexity index is 639. The molecular weight excluding hydrogens is 286 g/mol. The molecule has 0 spiro atoms. The fraction of sp³-hybridized carbons (Fsp3) is 0.579. The van der Waals surface area contributed by atoms with Crippen molar-refractivity contribution in [3.63, 3.8) is 0 Å². The van der Waals surface area contributed by atoms with Gasteiger partial charge in [0.2, 0.25) is 5.89 Å². The lowest BCUT2D eigenvalue weighted by molar-refractivity contribution is 0.345. The standard InChI is InChI=1S/C19H27N3O/c1-13(2)15-6-8-16(9-7-15)14(3)12-17-21-18(22-23-17)19(20)10-4-5-11-19/h6-9,13-14H,4-5,10-12,20H2,1-3H3. The molecule has 0 radical (unpaired) electrons. The van der Waals surface area contributed by atoms with Gasteiger partial charge in [0, 0.05) is 6.42 Å². The second-order valence-electron chi connectivity index (χ2n) is 7.30. The number of hydrogen-bond acceptors (Lipinski definition) is 4. The van der Waals surface area contributed by atoms with Gasteiger partial charge in [0.25, 0.3) is 0 Å². The number of nitrogens with two attached hydrogens (primary N) is 1. The van der Waals surface area contributed by atoms with Crippen molar-refractivity contribution in [2.24, 2.45) is 5.73 Å². The first-order chi connectivity index (χ1) is 11.0. The van der Waals surface area contributed by atoms with Crippen LogP contribution < -0.4 is 5.73 Å². The first kappa shape index (κ1) is 16.2. The van der Waals surface area contributed by atoms with Gasteiger partial charge in [-0.2, -0.15) is 4.98 Å². The lowest BCUT2D eigenvalue weighted by atomic mass is 9.94. The molecule has 1 aromatic carbocycles. The van der Waals surface area contributed by atoms with Crippen molar-refractivity contribution < 1.29 is 4.52 Å². The summed E-state index contributed by atoms with van der Waals surface area (Å²) in [5.74, 6) is 2.29. The zero-order valence-corrected chi connectivity index (χ0v) is 14.4. The molecule has 2 aromatic rings. The molecule has 1 heterocycles. The molecular formula is C19H27N3O. The molecule has 0 amide bonds. The summed E-state index contributed by atoms with van der Waals surface area (Å²) in [5, 5.41) is 4.14. The highest BCUT2D eigenvalue weighted by molar-refractivity contribution is 5.27. The van der Waals surface area contributed by atoms with E-state index in [1.807, 2.05) is 0 Å². The van der Waals surface area contributed by atoms with Crippen LogP contribution in [-0.2, 0) is 12.0 Å². The van der Waals surface area contributed by atoms with E-state index in [0.29, 0.717) is 23.6 Å². The van der Waals surface area contributed by atoms with E-state index in [1.165, 1.54) is 11.1 Å². The highest BCUT2D eigenvalue weighted by Crippen LogP contribution is 2.34. The SMILES string of the molecule is CC(C)c1ccc(C(C)Cc2nc(C3(N)CCCC3)no2)cc1. The predicted molar refractivity (Wildman–Crippen MR) is 91.3 cm³/mol. The molecule has 0 bridgehead atoms. The highest BCUT2D eigenvalue weighted by atomic mass is 16.5. The Morgan fingerprint density at radius 2 is 1.70 bits per heavy atom. The molecule has 1 aliphatic rings. The van der Waals surface area contributed by atoms with Crippen LogP contribution in [0.3, 0.4) is 0 Å². The largest absolute Gasteiger partial charge is 0.339 e. The third-order valence-electron chi connectivity index (χ3n) is 5.06. The molecule has 2 N–H and O–H groups in total. The van der Waals surface area contributed by atoms with Gasteiger partial charge in [-0.15, -0.1) is 0 Å². The Labute approximate surface area is 138 Å². The van der Waals surface area contributed by atoms with Gasteiger partial charge in [-0.3, -0.25) is 0 Å². The first-order valence-corrected chi connectivity index (χ1v) is 8.70. The summed E-state index contributed by atoms with van der Waals surface area (Å²) in [6.07, 6.45) is 4.97. The highest BCUT2D eigenvalue weighted by Gasteiger charge is 2.36. The van der Waals surface area contributed by atoms with Gasteiger partial charge in [0.15, 0.2) is 5.82 Å². The van der Waals surface area contributed by atoms with Crippen molar-refractivity contribution >= 4 is 0 Å². The molecule has 1 aromatic heterocycles. The summed E-state index contributed by atoms with van der Waals surface area (Å²) >= 11 is 0. The number of aromatic nitrogens is 2. The summed E-state index contributed by atoms with van der Waals surface area (Å²) in [5.41, 5.74) is 8.70. The molecule has 4 heteroatoms. The zero-order chi connectivity index (χ0) is 16.4. The van der Waals surface area contributed by atoms with Crippen LogP contribution in [0.4, 0.5) is 0 Å². The lowest BCUT2D eigenvalue weighted by Gasteiger charge is -2.17. The number of hydrogen-bond donors (Lipinski definition) is 1. The number of rotatable bonds is 5. The van der Waals surface area contributed by atoms with Gasteiger partial charge < -0.3 is 10.3 Å². The molecule has 0 saturated heterocycles. The van der Waals surface area contributed by atoms with Crippen molar-refractivity contribution in [2.45, 2.75) is 70.3 Å². The summed E-state index contributed by atoms with van der Waals surface area (Å²) in [7, 11) is 0. The molecule has 3 rings (SSSR count). The summed E-state index contributed by atoms with van der Waals surface area (Å²) in [4.78, 5) is 4.57. The minimum Gasteiger partial charge on any atom is -0.339 e. The molecule has 0 aliphatic heterocycles. The first-order valence-electron chi connectivity index (χ1n) is 8.70. The van der Waals surface area contributed by atoms with Crippen LogP contribution in [0, 0.1) is 0 Å². The van der Waals surface area contributed by atoms with Gasteiger partial charge in [0.1, 0.15) is 0 Å². The summed E-state index contributed by atoms with van der Waals surface area (Å²) < 4.78 is 5.46. The van der Waals surface area contributed by atoms with E-state index >= 15 is 0 Å². The van der Waals surface area contributed by atoms with Crippen LogP contribution in [0.25, 0.3) is 0 Å². The smallest absolute Gasteiger partial charge is 0.227 e. The van der Waals surface area contributed by atoms with E-state index in [2.05, 4.69) is 55.2 Å². The van der Waals surface area contributed by atoms with Crippen LogP contribution in [0.5, 0.6) is 0 Å². The Balaban J connectivity index is 1.68. The predicted octanol–water partition coefficient (Wildman–Crippen LogP) is 4.27. The van der Waals surface area contributed by atoms with Gasteiger partial charge in [-0.05, 0) is 35.8 Å². The molecule has 23 heavy (non-hydrogen) atoms. The molecule has 124 valence electrons. The average molecular weight is 313 g/mol. The third kappa shape index (κ3) is 3.47. The van der Waals surface area contributed by atoms with Crippen LogP contribution in [0.15, 0.2) is 28.8 Å². The van der Waals surface area contributed by atoms with Crippen molar-refractivity contribution in [1.82, 2.24) is 10.1 Å². The van der Waals surface area contributed by atoms with Gasteiger partial charge in [0.05, 0.1) is 5.54 Å². The number of nitrogens with zero attached hydrogens (tertiary/aromatic N) is 2. The van der Waals surface area contributed by atoms with E-state index in [0.717, 1.165) is 32.1 Å². The second-order valence-corrected chi connectivity index (χ2v) is 7.30.